The van der Waals surface area contributed by atoms with Crippen molar-refractivity contribution in [3.8, 4) is 0 Å². The van der Waals surface area contributed by atoms with E-state index in [0.29, 0.717) is 21.3 Å². The van der Waals surface area contributed by atoms with Crippen molar-refractivity contribution < 1.29 is 32.8 Å². The first kappa shape index (κ1) is 24.3. The fraction of sp³-hybridized carbons (Fsp3) is 0.368. The first-order valence-corrected chi connectivity index (χ1v) is 12.9. The topological polar surface area (TPSA) is 164 Å². The van der Waals surface area contributed by atoms with Crippen molar-refractivity contribution in [2.45, 2.75) is 34.6 Å². The van der Waals surface area contributed by atoms with Crippen LogP contribution in [0.15, 0.2) is 40.6 Å². The Morgan fingerprint density at radius 3 is 2.80 bits per heavy atom. The minimum absolute atomic E-state index is 0.142. The molecule has 0 aliphatic carbocycles. The Morgan fingerprint density at radius 2 is 2.09 bits per heavy atom. The number of rotatable bonds is 4. The summed E-state index contributed by atoms with van der Waals surface area (Å²) < 4.78 is 35.8. The van der Waals surface area contributed by atoms with Gasteiger partial charge in [-0.25, -0.2) is 24.3 Å². The van der Waals surface area contributed by atoms with Gasteiger partial charge in [0, 0.05) is 24.0 Å². The Balaban J connectivity index is 1.62. The standard InChI is InChI=1S/C19H20ClN6O7PS/c1-25(2)19(27)32-14-13-11(7-30-34(28,29)33-13)31-17(14)26-16-12(15(21)22-8-23-16)24-18(26)35-10-5-3-9(20)4-6-10/h3-6,8,11,13-14,17H,7H2,1-2H3,(H,28,29)(H2,21,22,23)/t11-,13-,14-,17-/m1/s1. The molecule has 13 nitrogen and oxygen atoms in total. The largest absolute Gasteiger partial charge is 0.472 e. The molecule has 3 aromatic rings. The normalized spacial score (nSPS) is 28.1. The number of carbonyl (C=O) groups excluding carboxylic acids is 1. The summed E-state index contributed by atoms with van der Waals surface area (Å²) in [4.78, 5) is 37.4. The molecule has 35 heavy (non-hydrogen) atoms. The zero-order chi connectivity index (χ0) is 24.9. The van der Waals surface area contributed by atoms with E-state index >= 15 is 0 Å². The van der Waals surface area contributed by atoms with Gasteiger partial charge >= 0.3 is 13.9 Å². The maximum atomic E-state index is 12.5. The monoisotopic (exact) mass is 542 g/mol. The molecule has 2 aliphatic rings. The Bertz CT molecular complexity index is 1330. The van der Waals surface area contributed by atoms with Gasteiger partial charge in [-0.2, -0.15) is 0 Å². The summed E-state index contributed by atoms with van der Waals surface area (Å²) in [6, 6.07) is 7.08. The van der Waals surface area contributed by atoms with E-state index in [-0.39, 0.29) is 12.4 Å². The van der Waals surface area contributed by atoms with Crippen LogP contribution in [-0.4, -0.2) is 74.4 Å². The number of fused-ring (bicyclic) bond motifs is 2. The first-order valence-electron chi connectivity index (χ1n) is 10.2. The minimum atomic E-state index is -4.36. The number of nitrogens with zero attached hydrogens (tertiary/aromatic N) is 5. The van der Waals surface area contributed by atoms with Gasteiger partial charge in [0.05, 0.1) is 6.61 Å². The van der Waals surface area contributed by atoms with Crippen LogP contribution in [0.4, 0.5) is 10.6 Å². The van der Waals surface area contributed by atoms with Gasteiger partial charge in [0.15, 0.2) is 34.5 Å². The fourth-order valence-electron chi connectivity index (χ4n) is 3.69. The third-order valence-electron chi connectivity index (χ3n) is 5.29. The molecule has 5 atom stereocenters. The van der Waals surface area contributed by atoms with Crippen LogP contribution in [0.5, 0.6) is 0 Å². The zero-order valence-electron chi connectivity index (χ0n) is 18.3. The average molecular weight is 543 g/mol. The number of ether oxygens (including phenoxy) is 2. The number of halogens is 1. The van der Waals surface area contributed by atoms with Crippen LogP contribution in [0, 0.1) is 0 Å². The molecule has 2 fully saturated rings. The number of anilines is 1. The van der Waals surface area contributed by atoms with Crippen molar-refractivity contribution in [3.63, 3.8) is 0 Å². The summed E-state index contributed by atoms with van der Waals surface area (Å²) in [5.41, 5.74) is 6.68. The van der Waals surface area contributed by atoms with Gasteiger partial charge in [-0.3, -0.25) is 13.6 Å². The van der Waals surface area contributed by atoms with E-state index in [2.05, 4.69) is 15.0 Å². The van der Waals surface area contributed by atoms with Gasteiger partial charge in [-0.1, -0.05) is 23.4 Å². The van der Waals surface area contributed by atoms with Crippen LogP contribution >= 0.6 is 31.2 Å². The fourth-order valence-corrected chi connectivity index (χ4v) is 5.69. The third kappa shape index (κ3) is 4.70. The lowest BCUT2D eigenvalue weighted by Gasteiger charge is -2.30. The minimum Gasteiger partial charge on any atom is -0.438 e. The summed E-state index contributed by atoms with van der Waals surface area (Å²) in [5, 5.41) is 0.972. The maximum absolute atomic E-state index is 12.5. The molecule has 0 bridgehead atoms. The molecule has 2 saturated heterocycles. The number of aromatic nitrogens is 4. The number of phosphoric ester groups is 1. The van der Waals surface area contributed by atoms with Crippen LogP contribution in [0.3, 0.4) is 0 Å². The molecule has 3 N–H and O–H groups in total. The summed E-state index contributed by atoms with van der Waals surface area (Å²) in [6.07, 6.45) is -3.49. The van der Waals surface area contributed by atoms with Gasteiger partial charge in [-0.05, 0) is 24.3 Å². The summed E-state index contributed by atoms with van der Waals surface area (Å²) in [5.74, 6) is 0.142. The van der Waals surface area contributed by atoms with Crippen LogP contribution in [0.25, 0.3) is 11.2 Å². The highest BCUT2D eigenvalue weighted by Gasteiger charge is 2.56. The average Bonchev–Trinajstić information content (AvgIpc) is 3.33. The van der Waals surface area contributed by atoms with Crippen molar-refractivity contribution in [2.75, 3.05) is 26.4 Å². The van der Waals surface area contributed by atoms with Crippen LogP contribution in [0.2, 0.25) is 5.02 Å². The van der Waals surface area contributed by atoms with Gasteiger partial charge in [0.2, 0.25) is 0 Å². The van der Waals surface area contributed by atoms with Gasteiger partial charge in [0.25, 0.3) is 0 Å². The van der Waals surface area contributed by atoms with Crippen molar-refractivity contribution >= 4 is 54.3 Å². The molecule has 2 aromatic heterocycles. The number of hydrogen-bond donors (Lipinski definition) is 2. The summed E-state index contributed by atoms with van der Waals surface area (Å²) >= 11 is 7.28. The molecule has 1 unspecified atom stereocenters. The summed E-state index contributed by atoms with van der Waals surface area (Å²) in [6.45, 7) is -0.242. The van der Waals surface area contributed by atoms with E-state index in [1.165, 1.54) is 37.1 Å². The summed E-state index contributed by atoms with van der Waals surface area (Å²) in [7, 11) is -1.35. The molecule has 186 valence electrons. The number of nitrogens with two attached hydrogens (primary N) is 1. The van der Waals surface area contributed by atoms with Crippen molar-refractivity contribution in [2.24, 2.45) is 0 Å². The number of nitrogen functional groups attached to an aromatic ring is 1. The Labute approximate surface area is 208 Å². The van der Waals surface area contributed by atoms with E-state index in [9.17, 15) is 14.3 Å². The van der Waals surface area contributed by atoms with Gasteiger partial charge < -0.3 is 25.0 Å². The molecular formula is C19H20ClN6O7PS. The maximum Gasteiger partial charge on any atom is 0.472 e. The highest BCUT2D eigenvalue weighted by Crippen LogP contribution is 2.53. The molecule has 0 spiro atoms. The highest BCUT2D eigenvalue weighted by atomic mass is 35.5. The predicted molar refractivity (Wildman–Crippen MR) is 124 cm³/mol. The highest BCUT2D eigenvalue weighted by molar-refractivity contribution is 7.99. The molecule has 1 amide bonds. The lowest BCUT2D eigenvalue weighted by atomic mass is 10.1. The second kappa shape index (κ2) is 9.21. The molecule has 1 aromatic carbocycles. The van der Waals surface area contributed by atoms with Crippen LogP contribution in [-0.2, 0) is 23.1 Å². The molecule has 4 heterocycles. The van der Waals surface area contributed by atoms with Gasteiger partial charge in [0.1, 0.15) is 18.5 Å². The Morgan fingerprint density at radius 1 is 1.34 bits per heavy atom. The second-order valence-electron chi connectivity index (χ2n) is 7.89. The number of benzene rings is 1. The number of amides is 1. The Hall–Kier alpha value is -2.45. The van der Waals surface area contributed by atoms with Crippen LogP contribution < -0.4 is 5.73 Å². The SMILES string of the molecule is CN(C)C(=O)O[C@@H]1[C@@H]2OP(=O)(O)OC[C@H]2O[C@H]1n1c(Sc2ccc(Cl)cc2)nc2c(N)ncnc21. The second-order valence-corrected chi connectivity index (χ2v) is 10.8. The van der Waals surface area contributed by atoms with E-state index < -0.39 is 38.5 Å². The number of carbonyl (C=O) groups is 1. The van der Waals surface area contributed by atoms with E-state index in [1.807, 2.05) is 12.1 Å². The molecule has 16 heteroatoms. The van der Waals surface area contributed by atoms with Crippen molar-refractivity contribution in [3.05, 3.63) is 35.6 Å². The number of imidazole rings is 1. The smallest absolute Gasteiger partial charge is 0.438 e. The number of hydrogen-bond acceptors (Lipinski definition) is 11. The van der Waals surface area contributed by atoms with E-state index in [1.54, 1.807) is 16.7 Å². The Kier molecular flexibility index (Phi) is 6.38. The molecule has 0 radical (unpaired) electrons. The van der Waals surface area contributed by atoms with E-state index in [0.717, 1.165) is 4.90 Å². The van der Waals surface area contributed by atoms with Crippen molar-refractivity contribution in [1.29, 1.82) is 0 Å². The van der Waals surface area contributed by atoms with Crippen LogP contribution in [0.1, 0.15) is 6.23 Å². The van der Waals surface area contributed by atoms with E-state index in [4.69, 9.17) is 35.9 Å². The predicted octanol–water partition coefficient (Wildman–Crippen LogP) is 2.69. The molecular weight excluding hydrogens is 523 g/mol. The third-order valence-corrected chi connectivity index (χ3v) is 7.51. The molecule has 2 aliphatic heterocycles. The quantitative estimate of drug-likeness (QED) is 0.464. The lowest BCUT2D eigenvalue weighted by Crippen LogP contribution is -2.43. The lowest BCUT2D eigenvalue weighted by molar-refractivity contribution is -0.0687. The molecule has 5 rings (SSSR count). The first-order chi connectivity index (χ1) is 16.6. The molecule has 0 saturated carbocycles. The zero-order valence-corrected chi connectivity index (χ0v) is 20.8. The van der Waals surface area contributed by atoms with Gasteiger partial charge in [-0.15, -0.1) is 0 Å². The number of phosphoric acid groups is 1. The van der Waals surface area contributed by atoms with Crippen molar-refractivity contribution in [1.82, 2.24) is 24.4 Å².